The Kier molecular flexibility index (Phi) is 4.44. The number of rotatable bonds is 4. The van der Waals surface area contributed by atoms with Gasteiger partial charge in [0.15, 0.2) is 5.41 Å². The quantitative estimate of drug-likeness (QED) is 0.359. The van der Waals surface area contributed by atoms with Crippen molar-refractivity contribution in [2.45, 2.75) is 19.3 Å². The average Bonchev–Trinajstić information content (AvgIpc) is 2.43. The summed E-state index contributed by atoms with van der Waals surface area (Å²) in [7, 11) is 2.31. The van der Waals surface area contributed by atoms with Crippen LogP contribution in [-0.2, 0) is 24.5 Å². The molecule has 0 aliphatic rings. The van der Waals surface area contributed by atoms with E-state index in [1.807, 2.05) is 0 Å². The zero-order chi connectivity index (χ0) is 15.5. The summed E-state index contributed by atoms with van der Waals surface area (Å²) in [4.78, 5) is 34.1. The van der Waals surface area contributed by atoms with Crippen LogP contribution in [0.2, 0.25) is 0 Å². The maximum Gasteiger partial charge on any atom is 0.327 e. The second-order valence-electron chi connectivity index (χ2n) is 4.37. The summed E-state index contributed by atoms with van der Waals surface area (Å²) in [6.45, 7) is 2.88. The third kappa shape index (κ3) is 2.47. The summed E-state index contributed by atoms with van der Waals surface area (Å²) < 4.78 is 9.27. The summed E-state index contributed by atoms with van der Waals surface area (Å²) in [5, 5.41) is 10.8. The first-order valence-electron chi connectivity index (χ1n) is 5.71. The lowest BCUT2D eigenvalue weighted by atomic mass is 9.81. The van der Waals surface area contributed by atoms with Crippen molar-refractivity contribution >= 4 is 17.6 Å². The summed E-state index contributed by atoms with van der Waals surface area (Å²) >= 11 is 0. The molecule has 0 heterocycles. The number of nitro groups is 1. The first-order chi connectivity index (χ1) is 9.28. The van der Waals surface area contributed by atoms with Gasteiger partial charge in [-0.25, -0.2) is 0 Å². The van der Waals surface area contributed by atoms with Crippen molar-refractivity contribution in [1.29, 1.82) is 0 Å². The standard InChI is InChI=1S/C13H15NO6/c1-8-7-9(5-6-10(8)14(17)18)13(2,11(15)19-3)12(16)20-4/h5-7H,1-4H3. The van der Waals surface area contributed by atoms with Crippen molar-refractivity contribution in [3.63, 3.8) is 0 Å². The number of aryl methyl sites for hydroxylation is 1. The number of hydrogen-bond donors (Lipinski definition) is 0. The first kappa shape index (κ1) is 15.6. The van der Waals surface area contributed by atoms with Crippen LogP contribution in [-0.4, -0.2) is 31.1 Å². The minimum absolute atomic E-state index is 0.0918. The van der Waals surface area contributed by atoms with Gasteiger partial charge < -0.3 is 9.47 Å². The van der Waals surface area contributed by atoms with Gasteiger partial charge in [0.2, 0.25) is 0 Å². The smallest absolute Gasteiger partial charge is 0.327 e. The van der Waals surface area contributed by atoms with Crippen molar-refractivity contribution in [1.82, 2.24) is 0 Å². The van der Waals surface area contributed by atoms with Gasteiger partial charge in [0, 0.05) is 11.6 Å². The Morgan fingerprint density at radius 3 is 2.05 bits per heavy atom. The molecular formula is C13H15NO6. The van der Waals surface area contributed by atoms with Crippen LogP contribution in [0.3, 0.4) is 0 Å². The van der Waals surface area contributed by atoms with Crippen LogP contribution in [0.4, 0.5) is 5.69 Å². The van der Waals surface area contributed by atoms with Gasteiger partial charge >= 0.3 is 11.9 Å². The second-order valence-corrected chi connectivity index (χ2v) is 4.37. The molecule has 0 bridgehead atoms. The average molecular weight is 281 g/mol. The lowest BCUT2D eigenvalue weighted by Gasteiger charge is -2.24. The highest BCUT2D eigenvalue weighted by atomic mass is 16.6. The second kappa shape index (κ2) is 5.68. The van der Waals surface area contributed by atoms with Crippen LogP contribution in [0.25, 0.3) is 0 Å². The summed E-state index contributed by atoms with van der Waals surface area (Å²) in [6.07, 6.45) is 0. The molecule has 0 unspecified atom stereocenters. The Labute approximate surface area is 115 Å². The molecule has 0 spiro atoms. The van der Waals surface area contributed by atoms with E-state index in [-0.39, 0.29) is 11.3 Å². The fourth-order valence-corrected chi connectivity index (χ4v) is 1.90. The molecular weight excluding hydrogens is 266 g/mol. The molecule has 0 saturated heterocycles. The van der Waals surface area contributed by atoms with Gasteiger partial charge in [-0.1, -0.05) is 6.07 Å². The Balaban J connectivity index is 3.44. The topological polar surface area (TPSA) is 95.7 Å². The lowest BCUT2D eigenvalue weighted by Crippen LogP contribution is -2.42. The Hall–Kier alpha value is -2.44. The first-order valence-corrected chi connectivity index (χ1v) is 5.71. The molecule has 1 aromatic carbocycles. The third-order valence-electron chi connectivity index (χ3n) is 3.16. The van der Waals surface area contributed by atoms with E-state index in [0.717, 1.165) is 14.2 Å². The van der Waals surface area contributed by atoms with E-state index in [9.17, 15) is 19.7 Å². The highest BCUT2D eigenvalue weighted by molar-refractivity contribution is 6.05. The van der Waals surface area contributed by atoms with Crippen LogP contribution in [0.15, 0.2) is 18.2 Å². The number of benzene rings is 1. The number of hydrogen-bond acceptors (Lipinski definition) is 6. The van der Waals surface area contributed by atoms with Crippen LogP contribution >= 0.6 is 0 Å². The van der Waals surface area contributed by atoms with Crippen molar-refractivity contribution in [2.75, 3.05) is 14.2 Å². The summed E-state index contributed by atoms with van der Waals surface area (Å²) in [5.41, 5.74) is -1.14. The Bertz CT molecular complexity index is 550. The van der Waals surface area contributed by atoms with Crippen LogP contribution in [0.1, 0.15) is 18.1 Å². The van der Waals surface area contributed by atoms with Crippen LogP contribution < -0.4 is 0 Å². The van der Waals surface area contributed by atoms with Crippen LogP contribution in [0, 0.1) is 17.0 Å². The van der Waals surface area contributed by atoms with Gasteiger partial charge in [-0.05, 0) is 25.5 Å². The molecule has 0 N–H and O–H groups in total. The third-order valence-corrected chi connectivity index (χ3v) is 3.16. The molecule has 0 aromatic heterocycles. The minimum atomic E-state index is -1.66. The Morgan fingerprint density at radius 2 is 1.70 bits per heavy atom. The molecule has 20 heavy (non-hydrogen) atoms. The van der Waals surface area contributed by atoms with Gasteiger partial charge in [-0.3, -0.25) is 19.7 Å². The molecule has 0 radical (unpaired) electrons. The van der Waals surface area contributed by atoms with Crippen molar-refractivity contribution < 1.29 is 24.0 Å². The van der Waals surface area contributed by atoms with Crippen molar-refractivity contribution in [3.05, 3.63) is 39.4 Å². The molecule has 1 aromatic rings. The number of nitro benzene ring substituents is 1. The van der Waals surface area contributed by atoms with E-state index >= 15 is 0 Å². The molecule has 1 rings (SSSR count). The van der Waals surface area contributed by atoms with E-state index in [4.69, 9.17) is 0 Å². The zero-order valence-electron chi connectivity index (χ0n) is 11.6. The maximum absolute atomic E-state index is 11.9. The van der Waals surface area contributed by atoms with Crippen LogP contribution in [0.5, 0.6) is 0 Å². The molecule has 7 heteroatoms. The number of esters is 2. The predicted octanol–water partition coefficient (Wildman–Crippen LogP) is 1.51. The summed E-state index contributed by atoms with van der Waals surface area (Å²) in [5.74, 6) is -1.59. The van der Waals surface area contributed by atoms with Gasteiger partial charge in [-0.2, -0.15) is 0 Å². The van der Waals surface area contributed by atoms with E-state index in [1.54, 1.807) is 0 Å². The van der Waals surface area contributed by atoms with E-state index in [1.165, 1.54) is 32.0 Å². The van der Waals surface area contributed by atoms with Crippen molar-refractivity contribution in [3.8, 4) is 0 Å². The molecule has 0 atom stereocenters. The molecule has 0 saturated carbocycles. The number of ether oxygens (including phenoxy) is 2. The lowest BCUT2D eigenvalue weighted by molar-refractivity contribution is -0.385. The number of carbonyl (C=O) groups is 2. The molecule has 0 aliphatic heterocycles. The monoisotopic (exact) mass is 281 g/mol. The van der Waals surface area contributed by atoms with Gasteiger partial charge in [0.25, 0.3) is 5.69 Å². The largest absolute Gasteiger partial charge is 0.468 e. The summed E-state index contributed by atoms with van der Waals surface area (Å²) in [6, 6.07) is 4.00. The highest BCUT2D eigenvalue weighted by Gasteiger charge is 2.45. The fraction of sp³-hybridized carbons (Fsp3) is 0.385. The van der Waals surface area contributed by atoms with Gasteiger partial charge in [0.1, 0.15) is 0 Å². The number of carbonyl (C=O) groups excluding carboxylic acids is 2. The highest BCUT2D eigenvalue weighted by Crippen LogP contribution is 2.30. The van der Waals surface area contributed by atoms with E-state index < -0.39 is 22.3 Å². The predicted molar refractivity (Wildman–Crippen MR) is 69.2 cm³/mol. The van der Waals surface area contributed by atoms with Gasteiger partial charge in [-0.15, -0.1) is 0 Å². The van der Waals surface area contributed by atoms with Crippen molar-refractivity contribution in [2.24, 2.45) is 0 Å². The Morgan fingerprint density at radius 1 is 1.20 bits per heavy atom. The molecule has 108 valence electrons. The number of nitrogens with zero attached hydrogens (tertiary/aromatic N) is 1. The SMILES string of the molecule is COC(=O)C(C)(C(=O)OC)c1ccc([N+](=O)[O-])c(C)c1. The molecule has 7 nitrogen and oxygen atoms in total. The minimum Gasteiger partial charge on any atom is -0.468 e. The molecule has 0 fully saturated rings. The molecule has 0 amide bonds. The number of methoxy groups -OCH3 is 2. The zero-order valence-corrected chi connectivity index (χ0v) is 11.6. The van der Waals surface area contributed by atoms with Gasteiger partial charge in [0.05, 0.1) is 19.1 Å². The fourth-order valence-electron chi connectivity index (χ4n) is 1.90. The maximum atomic E-state index is 11.9. The van der Waals surface area contributed by atoms with E-state index in [2.05, 4.69) is 9.47 Å². The van der Waals surface area contributed by atoms with E-state index in [0.29, 0.717) is 5.56 Å². The normalized spacial score (nSPS) is 10.8. The molecule has 0 aliphatic carbocycles.